The van der Waals surface area contributed by atoms with Gasteiger partial charge in [0, 0.05) is 86.0 Å². The minimum atomic E-state index is -1.94. The molecule has 5 heterocycles. The van der Waals surface area contributed by atoms with Crippen molar-refractivity contribution in [2.24, 2.45) is 17.8 Å². The Morgan fingerprint density at radius 3 is 2.27 bits per heavy atom. The molecule has 21 nitrogen and oxygen atoms in total. The van der Waals surface area contributed by atoms with Crippen LogP contribution in [-0.4, -0.2) is 184 Å². The van der Waals surface area contributed by atoms with Crippen LogP contribution in [0.15, 0.2) is 60.9 Å². The highest BCUT2D eigenvalue weighted by molar-refractivity contribution is 5.82. The molecule has 2 aromatic heterocycles. The molecule has 77 heavy (non-hydrogen) atoms. The molecule has 3 saturated heterocycles. The van der Waals surface area contributed by atoms with Gasteiger partial charge in [0.1, 0.15) is 35.7 Å². The lowest BCUT2D eigenvalue weighted by atomic mass is 9.77. The number of aliphatic hydroxyl groups excluding tert-OH is 3. The zero-order valence-electron chi connectivity index (χ0n) is 47.1. The van der Waals surface area contributed by atoms with Crippen LogP contribution in [0.3, 0.4) is 0 Å². The second kappa shape index (κ2) is 24.5. The number of fused-ring (bicyclic) bond motifs is 1. The topological polar surface area (TPSA) is 259 Å². The normalized spacial score (nSPS) is 37.3. The number of cyclic esters (lactones) is 1. The summed E-state index contributed by atoms with van der Waals surface area (Å²) in [4.78, 5) is 29.5. The Labute approximate surface area is 452 Å². The van der Waals surface area contributed by atoms with E-state index >= 15 is 0 Å². The molecule has 3 fully saturated rings. The fourth-order valence-electron chi connectivity index (χ4n) is 12.1. The zero-order valence-corrected chi connectivity index (χ0v) is 47.1. The summed E-state index contributed by atoms with van der Waals surface area (Å²) in [5.41, 5.74) is -1.40. The van der Waals surface area contributed by atoms with Crippen molar-refractivity contribution in [2.45, 2.75) is 205 Å². The second-order valence-corrected chi connectivity index (χ2v) is 23.2. The minimum absolute atomic E-state index is 0.0391. The number of aliphatic hydroxyl groups is 5. The number of nitro benzene ring substituents is 1. The first-order chi connectivity index (χ1) is 36.2. The maximum Gasteiger partial charge on any atom is 0.311 e. The van der Waals surface area contributed by atoms with E-state index in [2.05, 4.69) is 15.2 Å². The molecule has 7 rings (SSSR count). The number of rotatable bonds is 14. The molecule has 428 valence electrons. The van der Waals surface area contributed by atoms with Gasteiger partial charge in [-0.05, 0) is 105 Å². The van der Waals surface area contributed by atoms with Gasteiger partial charge in [0.25, 0.3) is 5.69 Å². The maximum atomic E-state index is 14.7. The van der Waals surface area contributed by atoms with Gasteiger partial charge in [-0.25, -0.2) is 0 Å². The van der Waals surface area contributed by atoms with Gasteiger partial charge >= 0.3 is 5.97 Å². The SMILES string of the molecule is CC[C@H]1OC(=O)[C@H](C)[C@@H](O[C@H]2C[C@@](C)(OC)[C@@H](O)[C@H](C)O2)[C@H](C)[C@@H](O[C@@H]2O[C@H](C)C[C@H](N(C)C)[C@H]2O)[C@](C)(O)C[C@@H](C)CN(Cc2ccc(-c3cn(CCn4ccc5cc([N+](=O)[O-])ccc54)nn3)cc2)[C@H](C)[C@@H](O)[C@]1(C)O. The van der Waals surface area contributed by atoms with Gasteiger partial charge in [-0.3, -0.25) is 24.5 Å². The van der Waals surface area contributed by atoms with E-state index < -0.39 is 101 Å². The maximum absolute atomic E-state index is 14.7. The van der Waals surface area contributed by atoms with Gasteiger partial charge < -0.3 is 63.4 Å². The molecule has 4 aromatic rings. The number of hydrogen-bond donors (Lipinski definition) is 5. The van der Waals surface area contributed by atoms with Gasteiger partial charge in [-0.1, -0.05) is 50.3 Å². The largest absolute Gasteiger partial charge is 0.459 e. The van der Waals surface area contributed by atoms with Gasteiger partial charge in [0.15, 0.2) is 12.6 Å². The summed E-state index contributed by atoms with van der Waals surface area (Å²) >= 11 is 0. The molecule has 18 atom stereocenters. The molecule has 21 heteroatoms. The van der Waals surface area contributed by atoms with Crippen molar-refractivity contribution in [2.75, 3.05) is 27.7 Å². The van der Waals surface area contributed by atoms with Crippen molar-refractivity contribution in [1.29, 1.82) is 0 Å². The number of nitro groups is 1. The van der Waals surface area contributed by atoms with E-state index in [1.165, 1.54) is 20.1 Å². The monoisotopic (exact) mass is 1080 g/mol. The molecular weight excluding hydrogens is 995 g/mol. The predicted molar refractivity (Wildman–Crippen MR) is 286 cm³/mol. The Morgan fingerprint density at radius 2 is 1.62 bits per heavy atom. The van der Waals surface area contributed by atoms with Crippen molar-refractivity contribution in [3.63, 3.8) is 0 Å². The average Bonchev–Trinajstić information content (AvgIpc) is 4.04. The Hall–Kier alpha value is -4.49. The predicted octanol–water partition coefficient (Wildman–Crippen LogP) is 5.29. The molecule has 0 aliphatic carbocycles. The molecule has 5 N–H and O–H groups in total. The smallest absolute Gasteiger partial charge is 0.311 e. The van der Waals surface area contributed by atoms with Crippen molar-refractivity contribution in [3.8, 4) is 11.3 Å². The third kappa shape index (κ3) is 13.4. The quantitative estimate of drug-likeness (QED) is 0.0610. The molecule has 2 aromatic carbocycles. The number of carbonyl (C=O) groups excluding carboxylic acids is 1. The lowest BCUT2D eigenvalue weighted by molar-refractivity contribution is -0.384. The lowest BCUT2D eigenvalue weighted by Gasteiger charge is -2.48. The van der Waals surface area contributed by atoms with E-state index in [4.69, 9.17) is 28.4 Å². The molecule has 3 aliphatic rings. The third-order valence-electron chi connectivity index (χ3n) is 16.7. The number of methoxy groups -OCH3 is 1. The lowest BCUT2D eigenvalue weighted by Crippen LogP contribution is -2.60. The summed E-state index contributed by atoms with van der Waals surface area (Å²) in [6, 6.07) is 13.5. The Bertz CT molecular complexity index is 2590. The van der Waals surface area contributed by atoms with Crippen LogP contribution in [0.4, 0.5) is 5.69 Å². The van der Waals surface area contributed by atoms with Crippen molar-refractivity contribution < 1.29 is 63.7 Å². The van der Waals surface area contributed by atoms with Crippen molar-refractivity contribution >= 4 is 22.6 Å². The van der Waals surface area contributed by atoms with Crippen LogP contribution in [0.2, 0.25) is 0 Å². The van der Waals surface area contributed by atoms with Gasteiger partial charge in [0.05, 0.1) is 59.2 Å². The molecule has 3 aliphatic heterocycles. The standard InChI is InChI=1S/C56H85N7O14/c1-14-45-56(10,69)49(65)36(6)61(30-38-15-17-39(18-16-38)42-31-62(58-57-42)24-23-60-22-21-40-26-41(63(70)71)19-20-43(40)60)29-32(2)27-54(8,68)51(77-53-47(64)44(59(11)12)25-33(3)73-53)34(4)48(35(5)52(67)75-45)76-46-28-55(9,72-13)50(66)37(7)74-46/h15-22,26,31-37,44-51,53,64-66,68-69H,14,23-25,27-30H2,1-13H3/t32-,33-,34+,35-,36-,37+,44+,45-,46+,47-,48+,49-,50+,51-,53+,54-,55-,56-/m1/s1. The van der Waals surface area contributed by atoms with Gasteiger partial charge in [0.2, 0.25) is 0 Å². The first-order valence-corrected chi connectivity index (χ1v) is 27.2. The van der Waals surface area contributed by atoms with Crippen molar-refractivity contribution in [1.82, 2.24) is 29.4 Å². The van der Waals surface area contributed by atoms with Crippen LogP contribution >= 0.6 is 0 Å². The number of carbonyl (C=O) groups is 1. The van der Waals surface area contributed by atoms with Crippen LogP contribution < -0.4 is 0 Å². The number of ether oxygens (including phenoxy) is 6. The van der Waals surface area contributed by atoms with Crippen LogP contribution in [0.5, 0.6) is 0 Å². The Balaban J connectivity index is 1.18. The summed E-state index contributed by atoms with van der Waals surface area (Å²) in [5, 5.41) is 81.5. The Kier molecular flexibility index (Phi) is 19.1. The molecular formula is C56H85N7O14. The first-order valence-electron chi connectivity index (χ1n) is 27.2. The molecule has 0 spiro atoms. The summed E-state index contributed by atoms with van der Waals surface area (Å²) < 4.78 is 42.1. The van der Waals surface area contributed by atoms with E-state index in [1.807, 2.05) is 94.0 Å². The Morgan fingerprint density at radius 1 is 0.922 bits per heavy atom. The highest BCUT2D eigenvalue weighted by Gasteiger charge is 2.53. The van der Waals surface area contributed by atoms with E-state index in [0.29, 0.717) is 38.3 Å². The molecule has 0 unspecified atom stereocenters. The number of likely N-dealkylation sites (N-methyl/N-ethyl adjacent to an activating group) is 1. The number of benzene rings is 2. The van der Waals surface area contributed by atoms with Gasteiger partial charge in [-0.15, -0.1) is 5.10 Å². The second-order valence-electron chi connectivity index (χ2n) is 23.2. The molecule has 0 saturated carbocycles. The third-order valence-corrected chi connectivity index (χ3v) is 16.7. The number of esters is 1. The van der Waals surface area contributed by atoms with E-state index in [0.717, 1.165) is 22.0 Å². The number of hydrogen-bond acceptors (Lipinski definition) is 18. The molecule has 0 amide bonds. The fraction of sp³-hybridized carbons (Fsp3) is 0.696. The zero-order chi connectivity index (χ0) is 56.5. The summed E-state index contributed by atoms with van der Waals surface area (Å²) in [7, 11) is 5.26. The number of nitrogens with zero attached hydrogens (tertiary/aromatic N) is 7. The highest BCUT2D eigenvalue weighted by atomic mass is 16.7. The minimum Gasteiger partial charge on any atom is -0.459 e. The van der Waals surface area contributed by atoms with Crippen molar-refractivity contribution in [3.05, 3.63) is 76.6 Å². The number of aryl methyl sites for hydroxylation is 2. The first kappa shape index (κ1) is 60.2. The average molecular weight is 1080 g/mol. The van der Waals surface area contributed by atoms with E-state index in [9.17, 15) is 40.4 Å². The van der Waals surface area contributed by atoms with Crippen LogP contribution in [0.25, 0.3) is 22.2 Å². The number of non-ortho nitro benzene ring substituents is 1. The molecule has 0 radical (unpaired) electrons. The van der Waals surface area contributed by atoms with Crippen LogP contribution in [-0.2, 0) is 52.8 Å². The van der Waals surface area contributed by atoms with Crippen LogP contribution in [0.1, 0.15) is 100 Å². The highest BCUT2D eigenvalue weighted by Crippen LogP contribution is 2.41. The van der Waals surface area contributed by atoms with Gasteiger partial charge in [-0.2, -0.15) is 0 Å². The van der Waals surface area contributed by atoms with Crippen LogP contribution in [0, 0.1) is 27.9 Å². The summed E-state index contributed by atoms with van der Waals surface area (Å²) in [6.45, 7) is 19.3. The molecule has 0 bridgehead atoms. The fourth-order valence-corrected chi connectivity index (χ4v) is 12.1. The van der Waals surface area contributed by atoms with E-state index in [-0.39, 0.29) is 43.0 Å². The van der Waals surface area contributed by atoms with E-state index in [1.54, 1.807) is 51.4 Å². The number of aromatic nitrogens is 4. The summed E-state index contributed by atoms with van der Waals surface area (Å²) in [6.07, 6.45) is -5.45. The summed E-state index contributed by atoms with van der Waals surface area (Å²) in [5.74, 6) is -2.93.